The highest BCUT2D eigenvalue weighted by Gasteiger charge is 2.47. The third-order valence-electron chi connectivity index (χ3n) is 9.88. The van der Waals surface area contributed by atoms with E-state index >= 15 is 0 Å². The normalized spacial score (nSPS) is 14.0. The lowest BCUT2D eigenvalue weighted by Crippen LogP contribution is -2.59. The lowest BCUT2D eigenvalue weighted by molar-refractivity contribution is 1.28. The molecule has 0 spiro atoms. The van der Waals surface area contributed by atoms with E-state index in [9.17, 15) is 0 Å². The number of para-hydroxylation sites is 2. The van der Waals surface area contributed by atoms with Crippen LogP contribution >= 0.6 is 22.7 Å². The van der Waals surface area contributed by atoms with Crippen LogP contribution in [0.15, 0.2) is 115 Å². The molecule has 2 aliphatic rings. The van der Waals surface area contributed by atoms with Crippen LogP contribution in [0.4, 0.5) is 34.1 Å². The molecule has 0 radical (unpaired) electrons. The summed E-state index contributed by atoms with van der Waals surface area (Å²) in [5.74, 6) is 0. The Morgan fingerprint density at radius 2 is 0.872 bits per heavy atom. The molecule has 0 bridgehead atoms. The molecule has 230 valence electrons. The first kappa shape index (κ1) is 29.3. The number of nitrogens with zero attached hydrogens (tertiary/aromatic N) is 2. The van der Waals surface area contributed by atoms with Crippen molar-refractivity contribution in [3.05, 3.63) is 115 Å². The molecule has 2 aliphatic heterocycles. The van der Waals surface area contributed by atoms with Crippen molar-refractivity contribution in [2.75, 3.05) is 9.80 Å². The maximum atomic E-state index is 2.58. The SMILES string of the molecule is C[Si](C)(C)c1cccc2c3c(sc12)B1c2sc4c([Si](C)(C)C)cccc4c2N(c2ccccc2)c2cccc(c21)N3c1ccccc1. The molecule has 0 N–H and O–H groups in total. The van der Waals surface area contributed by atoms with Crippen molar-refractivity contribution in [1.82, 2.24) is 0 Å². The van der Waals surface area contributed by atoms with Gasteiger partial charge in [-0.05, 0) is 52.2 Å². The van der Waals surface area contributed by atoms with E-state index in [1.807, 2.05) is 0 Å². The first-order valence-corrected chi connectivity index (χ1v) is 25.2. The van der Waals surface area contributed by atoms with Crippen LogP contribution in [0.3, 0.4) is 0 Å². The van der Waals surface area contributed by atoms with E-state index in [4.69, 9.17) is 0 Å². The van der Waals surface area contributed by atoms with Crippen molar-refractivity contribution < 1.29 is 0 Å². The molecule has 5 aromatic carbocycles. The van der Waals surface area contributed by atoms with Crippen LogP contribution in [0, 0.1) is 0 Å². The second-order valence-electron chi connectivity index (χ2n) is 15.0. The Labute approximate surface area is 288 Å². The zero-order chi connectivity index (χ0) is 32.2. The fraction of sp³-hybridized carbons (Fsp3) is 0.150. The molecule has 2 aromatic heterocycles. The van der Waals surface area contributed by atoms with Crippen LogP contribution < -0.4 is 35.2 Å². The van der Waals surface area contributed by atoms with Crippen molar-refractivity contribution in [3.8, 4) is 0 Å². The summed E-state index contributed by atoms with van der Waals surface area (Å²) in [7, 11) is -3.23. The summed E-state index contributed by atoms with van der Waals surface area (Å²) in [5.41, 5.74) is 9.17. The van der Waals surface area contributed by atoms with E-state index in [-0.39, 0.29) is 6.71 Å². The number of benzene rings is 5. The first-order chi connectivity index (χ1) is 22.6. The van der Waals surface area contributed by atoms with Crippen molar-refractivity contribution in [2.24, 2.45) is 0 Å². The van der Waals surface area contributed by atoms with E-state index in [1.165, 1.54) is 69.3 Å². The van der Waals surface area contributed by atoms with Gasteiger partial charge >= 0.3 is 0 Å². The molecule has 47 heavy (non-hydrogen) atoms. The van der Waals surface area contributed by atoms with E-state index in [2.05, 4.69) is 187 Å². The minimum atomic E-state index is -1.61. The monoisotopic (exact) mass is 676 g/mol. The predicted octanol–water partition coefficient (Wildman–Crippen LogP) is 9.29. The second-order valence-corrected chi connectivity index (χ2v) is 27.2. The van der Waals surface area contributed by atoms with Gasteiger partial charge in [0.1, 0.15) is 0 Å². The first-order valence-electron chi connectivity index (χ1n) is 16.6. The van der Waals surface area contributed by atoms with Gasteiger partial charge in [-0.25, -0.2) is 0 Å². The van der Waals surface area contributed by atoms with E-state index in [0.717, 1.165) is 0 Å². The average molecular weight is 677 g/mol. The maximum Gasteiger partial charge on any atom is 0.277 e. The molecule has 0 aliphatic carbocycles. The van der Waals surface area contributed by atoms with Gasteiger partial charge in [-0.1, -0.05) is 118 Å². The second kappa shape index (κ2) is 10.3. The topological polar surface area (TPSA) is 6.48 Å². The quantitative estimate of drug-likeness (QED) is 0.172. The number of rotatable bonds is 4. The smallest absolute Gasteiger partial charge is 0.277 e. The minimum Gasteiger partial charge on any atom is -0.310 e. The van der Waals surface area contributed by atoms with Crippen molar-refractivity contribution in [1.29, 1.82) is 0 Å². The number of hydrogen-bond donors (Lipinski definition) is 0. The van der Waals surface area contributed by atoms with Crippen LogP contribution in [0.25, 0.3) is 20.2 Å². The number of thiophene rings is 2. The van der Waals surface area contributed by atoms with Crippen LogP contribution in [-0.2, 0) is 0 Å². The van der Waals surface area contributed by atoms with Gasteiger partial charge in [0.15, 0.2) is 0 Å². The Balaban J connectivity index is 1.45. The van der Waals surface area contributed by atoms with E-state index in [1.54, 1.807) is 10.4 Å². The third-order valence-corrected chi connectivity index (χ3v) is 16.9. The molecular weight excluding hydrogens is 640 g/mol. The molecule has 0 atom stereocenters. The summed E-state index contributed by atoms with van der Waals surface area (Å²) >= 11 is 4.12. The number of hydrogen-bond acceptors (Lipinski definition) is 4. The van der Waals surface area contributed by atoms with Crippen LogP contribution in [-0.4, -0.2) is 22.9 Å². The van der Waals surface area contributed by atoms with Crippen molar-refractivity contribution in [3.63, 3.8) is 0 Å². The van der Waals surface area contributed by atoms with Crippen LogP contribution in [0.5, 0.6) is 0 Å². The molecule has 9 rings (SSSR count). The summed E-state index contributed by atoms with van der Waals surface area (Å²) in [5, 5.41) is 5.90. The standard InChI is InChI=1S/C40H37BN2S2Si2/c1-46(2,3)32-24-13-20-28-35-39(44-37(28)32)41-34-30(42(35)26-16-9-7-10-17-26)22-15-23-31(34)43(27-18-11-8-12-19-27)36-29-21-14-25-33(47(4,5)6)38(29)45-40(36)41/h7-25H,1-6H3. The molecule has 0 saturated carbocycles. The summed E-state index contributed by atoms with van der Waals surface area (Å²) in [6, 6.07) is 43.3. The lowest BCUT2D eigenvalue weighted by atomic mass is 9.39. The van der Waals surface area contributed by atoms with E-state index in [0.29, 0.717) is 0 Å². The average Bonchev–Trinajstić information content (AvgIpc) is 3.63. The fourth-order valence-electron chi connectivity index (χ4n) is 7.82. The highest BCUT2D eigenvalue weighted by molar-refractivity contribution is 7.41. The van der Waals surface area contributed by atoms with Crippen molar-refractivity contribution in [2.45, 2.75) is 39.3 Å². The molecule has 7 aromatic rings. The highest BCUT2D eigenvalue weighted by Crippen LogP contribution is 2.49. The number of anilines is 6. The Bertz CT molecular complexity index is 2190. The van der Waals surface area contributed by atoms with Crippen molar-refractivity contribution >= 4 is 125 Å². The number of fused-ring (bicyclic) bond motifs is 8. The van der Waals surface area contributed by atoms with Gasteiger partial charge in [-0.2, -0.15) is 0 Å². The molecule has 4 heterocycles. The highest BCUT2D eigenvalue weighted by atomic mass is 32.1. The summed E-state index contributed by atoms with van der Waals surface area (Å²) in [6.45, 7) is 15.1. The molecule has 0 amide bonds. The Morgan fingerprint density at radius 3 is 1.28 bits per heavy atom. The Kier molecular flexibility index (Phi) is 6.42. The summed E-state index contributed by atoms with van der Waals surface area (Å²) in [4.78, 5) is 5.15. The zero-order valence-corrected chi connectivity index (χ0v) is 31.4. The molecule has 0 saturated heterocycles. The largest absolute Gasteiger partial charge is 0.310 e. The molecular formula is C40H37BN2S2Si2. The molecule has 2 nitrogen and oxygen atoms in total. The fourth-order valence-corrected chi connectivity index (χ4v) is 15.5. The minimum absolute atomic E-state index is 0.171. The predicted molar refractivity (Wildman–Crippen MR) is 217 cm³/mol. The van der Waals surface area contributed by atoms with Gasteiger partial charge in [-0.3, -0.25) is 0 Å². The van der Waals surface area contributed by atoms with Crippen LogP contribution in [0.2, 0.25) is 39.3 Å². The molecule has 0 fully saturated rings. The van der Waals surface area contributed by atoms with Gasteiger partial charge in [0.25, 0.3) is 6.71 Å². The molecule has 7 heteroatoms. The maximum absolute atomic E-state index is 2.58. The molecule has 0 unspecified atom stereocenters. The van der Waals surface area contributed by atoms with E-state index < -0.39 is 16.1 Å². The summed E-state index contributed by atoms with van der Waals surface area (Å²) < 4.78 is 5.90. The Hall–Kier alpha value is -3.88. The van der Waals surface area contributed by atoms with Gasteiger partial charge in [0.05, 0.1) is 27.5 Å². The van der Waals surface area contributed by atoms with Gasteiger partial charge < -0.3 is 9.80 Å². The van der Waals surface area contributed by atoms with Gasteiger partial charge in [-0.15, -0.1) is 22.7 Å². The lowest BCUT2D eigenvalue weighted by Gasteiger charge is -2.42. The third kappa shape index (κ3) is 4.26. The van der Waals surface area contributed by atoms with Crippen LogP contribution in [0.1, 0.15) is 0 Å². The van der Waals surface area contributed by atoms with Gasteiger partial charge in [0.2, 0.25) is 0 Å². The van der Waals surface area contributed by atoms with Gasteiger partial charge in [0, 0.05) is 52.5 Å². The Morgan fingerprint density at radius 1 is 0.468 bits per heavy atom. The zero-order valence-electron chi connectivity index (χ0n) is 27.8. The summed E-state index contributed by atoms with van der Waals surface area (Å²) in [6.07, 6.45) is 0.